The van der Waals surface area contributed by atoms with E-state index in [1.807, 2.05) is 0 Å². The lowest BCUT2D eigenvalue weighted by Crippen LogP contribution is -2.37. The monoisotopic (exact) mass is 270 g/mol. The fraction of sp³-hybridized carbons (Fsp3) is 0.462. The first-order valence-corrected chi connectivity index (χ1v) is 6.03. The van der Waals surface area contributed by atoms with Gasteiger partial charge in [-0.15, -0.1) is 0 Å². The molecule has 0 bridgehead atoms. The molecule has 0 aliphatic heterocycles. The molecule has 1 atom stereocenters. The molecule has 6 heteroatoms. The lowest BCUT2D eigenvalue weighted by Gasteiger charge is -2.12. The zero-order valence-corrected chi connectivity index (χ0v) is 10.9. The van der Waals surface area contributed by atoms with Crippen LogP contribution in [0.3, 0.4) is 0 Å². The normalized spacial score (nSPS) is 12.2. The van der Waals surface area contributed by atoms with Gasteiger partial charge in [0.1, 0.15) is 5.82 Å². The van der Waals surface area contributed by atoms with Crippen molar-refractivity contribution in [2.45, 2.75) is 6.10 Å². The minimum atomic E-state index is -0.771. The van der Waals surface area contributed by atoms with Crippen molar-refractivity contribution >= 4 is 5.91 Å². The van der Waals surface area contributed by atoms with Gasteiger partial charge >= 0.3 is 0 Å². The molecule has 0 saturated carbocycles. The van der Waals surface area contributed by atoms with E-state index in [1.54, 1.807) is 7.11 Å². The average molecular weight is 270 g/mol. The van der Waals surface area contributed by atoms with Gasteiger partial charge in [-0.05, 0) is 17.7 Å². The molecule has 5 nitrogen and oxygen atoms in total. The summed E-state index contributed by atoms with van der Waals surface area (Å²) in [6.07, 6.45) is -0.771. The summed E-state index contributed by atoms with van der Waals surface area (Å²) < 4.78 is 17.5. The highest BCUT2D eigenvalue weighted by molar-refractivity contribution is 5.77. The summed E-state index contributed by atoms with van der Waals surface area (Å²) in [5, 5.41) is 15.3. The highest BCUT2D eigenvalue weighted by Crippen LogP contribution is 2.11. The van der Waals surface area contributed by atoms with E-state index >= 15 is 0 Å². The Morgan fingerprint density at radius 2 is 2.11 bits per heavy atom. The van der Waals surface area contributed by atoms with Crippen LogP contribution in [0.15, 0.2) is 24.3 Å². The molecule has 19 heavy (non-hydrogen) atoms. The van der Waals surface area contributed by atoms with Crippen LogP contribution >= 0.6 is 0 Å². The first-order valence-electron chi connectivity index (χ1n) is 6.03. The topological polar surface area (TPSA) is 70.6 Å². The van der Waals surface area contributed by atoms with Gasteiger partial charge in [-0.3, -0.25) is 4.79 Å². The number of ether oxygens (including phenoxy) is 1. The Morgan fingerprint density at radius 3 is 2.74 bits per heavy atom. The molecule has 0 saturated heterocycles. The van der Waals surface area contributed by atoms with Crippen LogP contribution in [0.1, 0.15) is 11.7 Å². The van der Waals surface area contributed by atoms with Crippen LogP contribution in [0, 0.1) is 5.82 Å². The number of benzene rings is 1. The number of carbonyl (C=O) groups excluding carboxylic acids is 1. The number of amides is 1. The molecule has 0 heterocycles. The van der Waals surface area contributed by atoms with Crippen LogP contribution in [-0.4, -0.2) is 44.4 Å². The van der Waals surface area contributed by atoms with Gasteiger partial charge < -0.3 is 20.5 Å². The van der Waals surface area contributed by atoms with Crippen LogP contribution in [0.25, 0.3) is 0 Å². The van der Waals surface area contributed by atoms with Gasteiger partial charge in [0.15, 0.2) is 0 Å². The Hall–Kier alpha value is -1.50. The maximum absolute atomic E-state index is 12.7. The summed E-state index contributed by atoms with van der Waals surface area (Å²) in [6.45, 7) is 1.26. The molecule has 0 aliphatic carbocycles. The molecule has 106 valence electrons. The second kappa shape index (κ2) is 8.58. The molecule has 0 aliphatic rings. The molecule has 0 radical (unpaired) electrons. The van der Waals surface area contributed by atoms with Crippen molar-refractivity contribution in [3.63, 3.8) is 0 Å². The third-order valence-electron chi connectivity index (χ3n) is 2.51. The number of aliphatic hydroxyl groups excluding tert-OH is 1. The summed E-state index contributed by atoms with van der Waals surface area (Å²) in [5.41, 5.74) is 0.605. The number of hydrogen-bond acceptors (Lipinski definition) is 4. The minimum absolute atomic E-state index is 0.113. The molecule has 0 spiro atoms. The third kappa shape index (κ3) is 6.28. The molecule has 0 aromatic heterocycles. The summed E-state index contributed by atoms with van der Waals surface area (Å²) >= 11 is 0. The fourth-order valence-corrected chi connectivity index (χ4v) is 1.48. The third-order valence-corrected chi connectivity index (χ3v) is 2.51. The van der Waals surface area contributed by atoms with E-state index in [-0.39, 0.29) is 24.8 Å². The van der Waals surface area contributed by atoms with Crippen LogP contribution < -0.4 is 10.6 Å². The Labute approximate surface area is 111 Å². The zero-order chi connectivity index (χ0) is 14.1. The SMILES string of the molecule is COCCNC(=O)CNCC(O)c1ccc(F)cc1. The van der Waals surface area contributed by atoms with Gasteiger partial charge in [0.25, 0.3) is 0 Å². The lowest BCUT2D eigenvalue weighted by atomic mass is 10.1. The first-order chi connectivity index (χ1) is 9.13. The van der Waals surface area contributed by atoms with Gasteiger partial charge in [-0.2, -0.15) is 0 Å². The van der Waals surface area contributed by atoms with E-state index in [1.165, 1.54) is 24.3 Å². The lowest BCUT2D eigenvalue weighted by molar-refractivity contribution is -0.120. The van der Waals surface area contributed by atoms with Gasteiger partial charge in [0, 0.05) is 20.2 Å². The van der Waals surface area contributed by atoms with E-state index in [4.69, 9.17) is 4.74 Å². The van der Waals surface area contributed by atoms with Gasteiger partial charge in [0.05, 0.1) is 19.3 Å². The van der Waals surface area contributed by atoms with E-state index < -0.39 is 6.10 Å². The van der Waals surface area contributed by atoms with Gasteiger partial charge in [0.2, 0.25) is 5.91 Å². The zero-order valence-electron chi connectivity index (χ0n) is 10.9. The second-order valence-electron chi connectivity index (χ2n) is 4.04. The second-order valence-corrected chi connectivity index (χ2v) is 4.04. The number of aliphatic hydroxyl groups is 1. The Balaban J connectivity index is 2.21. The van der Waals surface area contributed by atoms with Crippen molar-refractivity contribution in [2.24, 2.45) is 0 Å². The van der Waals surface area contributed by atoms with Crippen LogP contribution in [0.4, 0.5) is 4.39 Å². The van der Waals surface area contributed by atoms with E-state index in [0.29, 0.717) is 18.7 Å². The number of rotatable bonds is 8. The van der Waals surface area contributed by atoms with Crippen molar-refractivity contribution in [1.29, 1.82) is 0 Å². The first kappa shape index (κ1) is 15.6. The van der Waals surface area contributed by atoms with Crippen molar-refractivity contribution in [2.75, 3.05) is 33.4 Å². The summed E-state index contributed by atoms with van der Waals surface area (Å²) in [6, 6.07) is 5.60. The molecule has 1 rings (SSSR count). The molecule has 0 fully saturated rings. The number of carbonyl (C=O) groups is 1. The Bertz CT molecular complexity index is 384. The Morgan fingerprint density at radius 1 is 1.42 bits per heavy atom. The van der Waals surface area contributed by atoms with E-state index in [0.717, 1.165) is 0 Å². The van der Waals surface area contributed by atoms with Crippen molar-refractivity contribution in [3.8, 4) is 0 Å². The predicted octanol–water partition coefficient (Wildman–Crippen LogP) is 0.211. The molecule has 1 aromatic rings. The predicted molar refractivity (Wildman–Crippen MR) is 69.1 cm³/mol. The number of halogens is 1. The molecular formula is C13H19FN2O3. The molecule has 1 unspecified atom stereocenters. The smallest absolute Gasteiger partial charge is 0.234 e. The summed E-state index contributed by atoms with van der Waals surface area (Å²) in [5.74, 6) is -0.509. The number of methoxy groups -OCH3 is 1. The fourth-order valence-electron chi connectivity index (χ4n) is 1.48. The van der Waals surface area contributed by atoms with Crippen molar-refractivity contribution in [3.05, 3.63) is 35.6 Å². The molecular weight excluding hydrogens is 251 g/mol. The number of hydrogen-bond donors (Lipinski definition) is 3. The van der Waals surface area contributed by atoms with Crippen molar-refractivity contribution in [1.82, 2.24) is 10.6 Å². The standard InChI is InChI=1S/C13H19FN2O3/c1-19-7-6-16-13(18)9-15-8-12(17)10-2-4-11(14)5-3-10/h2-5,12,15,17H,6-9H2,1H3,(H,16,18). The number of nitrogens with one attached hydrogen (secondary N) is 2. The summed E-state index contributed by atoms with van der Waals surface area (Å²) in [4.78, 5) is 11.3. The van der Waals surface area contributed by atoms with Crippen molar-refractivity contribution < 1.29 is 19.0 Å². The highest BCUT2D eigenvalue weighted by atomic mass is 19.1. The van der Waals surface area contributed by atoms with Crippen LogP contribution in [0.5, 0.6) is 0 Å². The van der Waals surface area contributed by atoms with Crippen LogP contribution in [0.2, 0.25) is 0 Å². The Kier molecular flexibility index (Phi) is 7.02. The molecule has 1 aromatic carbocycles. The largest absolute Gasteiger partial charge is 0.387 e. The highest BCUT2D eigenvalue weighted by Gasteiger charge is 2.08. The maximum atomic E-state index is 12.7. The van der Waals surface area contributed by atoms with Gasteiger partial charge in [-0.25, -0.2) is 4.39 Å². The van der Waals surface area contributed by atoms with Gasteiger partial charge in [-0.1, -0.05) is 12.1 Å². The quantitative estimate of drug-likeness (QED) is 0.591. The maximum Gasteiger partial charge on any atom is 0.234 e. The molecule has 1 amide bonds. The molecule has 3 N–H and O–H groups in total. The minimum Gasteiger partial charge on any atom is -0.387 e. The summed E-state index contributed by atoms with van der Waals surface area (Å²) in [7, 11) is 1.56. The van der Waals surface area contributed by atoms with E-state index in [2.05, 4.69) is 10.6 Å². The van der Waals surface area contributed by atoms with E-state index in [9.17, 15) is 14.3 Å². The van der Waals surface area contributed by atoms with Crippen LogP contribution in [-0.2, 0) is 9.53 Å². The average Bonchev–Trinajstić information content (AvgIpc) is 2.39.